The molecule has 0 aliphatic rings. The van der Waals surface area contributed by atoms with Crippen molar-refractivity contribution >= 4 is 33.3 Å². The third-order valence-corrected chi connectivity index (χ3v) is 5.01. The lowest BCUT2D eigenvalue weighted by Gasteiger charge is -2.12. The Hall–Kier alpha value is -3.28. The maximum atomic E-state index is 13.9. The van der Waals surface area contributed by atoms with Gasteiger partial charge in [-0.3, -0.25) is 0 Å². The number of aryl methyl sites for hydroxylation is 1. The van der Waals surface area contributed by atoms with Crippen LogP contribution in [0.4, 0.5) is 14.9 Å². The first-order chi connectivity index (χ1) is 14.4. The molecule has 164 valence electrons. The fourth-order valence-electron chi connectivity index (χ4n) is 2.96. The SMILES string of the molecule is Cc1c(Cc2ccc(F)c(N[S+](N)(=O)O)c2)c(=O)oc2cc(OC(=O)N(C)C)ccc12. The first kappa shape index (κ1) is 22.4. The quantitative estimate of drug-likeness (QED) is 0.404. The third kappa shape index (κ3) is 5.26. The van der Waals surface area contributed by atoms with Crippen LogP contribution in [-0.2, 0) is 21.2 Å². The molecule has 1 heterocycles. The number of nitrogens with zero attached hydrogens (tertiary/aromatic N) is 1. The van der Waals surface area contributed by atoms with E-state index in [0.29, 0.717) is 22.1 Å². The molecular weight excluding hydrogens is 429 g/mol. The van der Waals surface area contributed by atoms with E-state index in [-0.39, 0.29) is 23.4 Å². The molecular formula is C20H21FN3O6S+. The van der Waals surface area contributed by atoms with Crippen LogP contribution in [0.3, 0.4) is 0 Å². The molecule has 0 saturated heterocycles. The molecule has 0 radical (unpaired) electrons. The van der Waals surface area contributed by atoms with Gasteiger partial charge in [-0.15, -0.1) is 4.55 Å². The number of hydrogen-bond acceptors (Lipinski definition) is 5. The predicted molar refractivity (Wildman–Crippen MR) is 115 cm³/mol. The highest BCUT2D eigenvalue weighted by atomic mass is 32.3. The largest absolute Gasteiger partial charge is 0.422 e. The Bertz CT molecular complexity index is 1270. The van der Waals surface area contributed by atoms with Gasteiger partial charge in [-0.25, -0.2) is 14.0 Å². The van der Waals surface area contributed by atoms with Crippen molar-refractivity contribution in [3.05, 3.63) is 69.3 Å². The maximum absolute atomic E-state index is 13.9. The molecule has 0 bridgehead atoms. The van der Waals surface area contributed by atoms with Gasteiger partial charge in [0.1, 0.15) is 17.0 Å². The van der Waals surface area contributed by atoms with Crippen LogP contribution >= 0.6 is 0 Å². The first-order valence-electron chi connectivity index (χ1n) is 9.00. The summed E-state index contributed by atoms with van der Waals surface area (Å²) >= 11 is 0. The van der Waals surface area contributed by atoms with Gasteiger partial charge in [0.15, 0.2) is 5.82 Å². The molecule has 3 aromatic rings. The summed E-state index contributed by atoms with van der Waals surface area (Å²) in [5.41, 5.74) is 0.854. The number of carbonyl (C=O) groups is 1. The van der Waals surface area contributed by atoms with E-state index in [0.717, 1.165) is 6.07 Å². The summed E-state index contributed by atoms with van der Waals surface area (Å²) in [5.74, 6) is -0.539. The highest BCUT2D eigenvalue weighted by Gasteiger charge is 2.21. The highest BCUT2D eigenvalue weighted by Crippen LogP contribution is 2.26. The Labute approximate surface area is 178 Å². The second-order valence-corrected chi connectivity index (χ2v) is 8.42. The van der Waals surface area contributed by atoms with Crippen molar-refractivity contribution < 1.29 is 27.1 Å². The van der Waals surface area contributed by atoms with Gasteiger partial charge in [0.2, 0.25) is 0 Å². The zero-order chi connectivity index (χ0) is 22.9. The Balaban J connectivity index is 1.97. The van der Waals surface area contributed by atoms with Crippen molar-refractivity contribution in [3.63, 3.8) is 0 Å². The maximum Gasteiger partial charge on any atom is 0.414 e. The molecule has 2 aromatic carbocycles. The van der Waals surface area contributed by atoms with E-state index in [2.05, 4.69) is 0 Å². The Morgan fingerprint density at radius 2 is 2.00 bits per heavy atom. The van der Waals surface area contributed by atoms with Crippen molar-refractivity contribution in [2.75, 3.05) is 18.8 Å². The smallest absolute Gasteiger partial charge is 0.414 e. The molecule has 9 nitrogen and oxygen atoms in total. The van der Waals surface area contributed by atoms with Crippen molar-refractivity contribution in [2.45, 2.75) is 13.3 Å². The minimum absolute atomic E-state index is 0.0909. The Kier molecular flexibility index (Phi) is 6.11. The number of fused-ring (bicyclic) bond motifs is 1. The van der Waals surface area contributed by atoms with E-state index in [1.807, 2.05) is 4.72 Å². The molecule has 11 heteroatoms. The number of nitrogens with two attached hydrogens (primary N) is 1. The monoisotopic (exact) mass is 450 g/mol. The predicted octanol–water partition coefficient (Wildman–Crippen LogP) is 3.06. The molecule has 0 saturated carbocycles. The van der Waals surface area contributed by atoms with Crippen LogP contribution in [0.2, 0.25) is 0 Å². The summed E-state index contributed by atoms with van der Waals surface area (Å²) in [6.45, 7) is 1.74. The number of anilines is 1. The Morgan fingerprint density at radius 1 is 1.29 bits per heavy atom. The standard InChI is InChI=1S/C20H20FN3O6S/c1-11-14-6-5-13(29-20(26)24(2)3)10-18(14)30-19(25)15(11)8-12-4-7-16(21)17(9-12)23-31(22,27)28/h4-7,9-10H,8H2,1-3H3,(H3-,22,23,27,28)/p+1. The first-order valence-corrected chi connectivity index (χ1v) is 10.6. The second-order valence-electron chi connectivity index (χ2n) is 7.08. The van der Waals surface area contributed by atoms with Crippen LogP contribution in [0.15, 0.2) is 45.6 Å². The normalized spacial score (nSPS) is 13.0. The second kappa shape index (κ2) is 8.46. The van der Waals surface area contributed by atoms with Crippen LogP contribution in [0.1, 0.15) is 16.7 Å². The lowest BCUT2D eigenvalue weighted by molar-refractivity contribution is 0.172. The minimum atomic E-state index is -3.91. The van der Waals surface area contributed by atoms with Gasteiger partial charge in [-0.1, -0.05) is 11.2 Å². The van der Waals surface area contributed by atoms with Gasteiger partial charge in [-0.2, -0.15) is 4.72 Å². The average Bonchev–Trinajstić information content (AvgIpc) is 2.66. The summed E-state index contributed by atoms with van der Waals surface area (Å²) in [6.07, 6.45) is -0.478. The van der Waals surface area contributed by atoms with Gasteiger partial charge >= 0.3 is 22.3 Å². The fourth-order valence-corrected chi connectivity index (χ4v) is 3.43. The van der Waals surface area contributed by atoms with E-state index >= 15 is 0 Å². The molecule has 4 N–H and O–H groups in total. The molecule has 1 amide bonds. The minimum Gasteiger partial charge on any atom is -0.422 e. The van der Waals surface area contributed by atoms with Crippen molar-refractivity contribution in [1.82, 2.24) is 4.90 Å². The summed E-state index contributed by atoms with van der Waals surface area (Å²) in [7, 11) is -0.823. The van der Waals surface area contributed by atoms with Crippen molar-refractivity contribution in [3.8, 4) is 5.75 Å². The molecule has 31 heavy (non-hydrogen) atoms. The van der Waals surface area contributed by atoms with Crippen LogP contribution in [-0.4, -0.2) is 29.6 Å². The average molecular weight is 450 g/mol. The van der Waals surface area contributed by atoms with Gasteiger partial charge in [0.05, 0.1) is 0 Å². The van der Waals surface area contributed by atoms with E-state index < -0.39 is 28.1 Å². The van der Waals surface area contributed by atoms with Gasteiger partial charge in [-0.05, 0) is 46.5 Å². The van der Waals surface area contributed by atoms with Crippen molar-refractivity contribution in [1.29, 1.82) is 0 Å². The van der Waals surface area contributed by atoms with E-state index in [1.54, 1.807) is 33.2 Å². The molecule has 1 unspecified atom stereocenters. The third-order valence-electron chi connectivity index (χ3n) is 4.50. The molecule has 0 aliphatic heterocycles. The number of benzene rings is 2. The van der Waals surface area contributed by atoms with Gasteiger partial charge < -0.3 is 14.1 Å². The van der Waals surface area contributed by atoms with Crippen LogP contribution < -0.4 is 20.2 Å². The number of hydrogen-bond donors (Lipinski definition) is 3. The zero-order valence-electron chi connectivity index (χ0n) is 17.0. The number of carbonyl (C=O) groups excluding carboxylic acids is 1. The Morgan fingerprint density at radius 3 is 2.65 bits per heavy atom. The van der Waals surface area contributed by atoms with E-state index in [1.165, 1.54) is 23.1 Å². The summed E-state index contributed by atoms with van der Waals surface area (Å²) < 4.78 is 47.0. The number of amides is 1. The van der Waals surface area contributed by atoms with E-state index in [9.17, 15) is 22.7 Å². The van der Waals surface area contributed by atoms with Crippen LogP contribution in [0, 0.1) is 12.7 Å². The summed E-state index contributed by atoms with van der Waals surface area (Å²) in [4.78, 5) is 25.6. The molecule has 1 atom stereocenters. The number of ether oxygens (including phenoxy) is 1. The topological polar surface area (TPSA) is 135 Å². The summed E-state index contributed by atoms with van der Waals surface area (Å²) in [6, 6.07) is 8.55. The molecule has 0 spiro atoms. The van der Waals surface area contributed by atoms with Crippen LogP contribution in [0.25, 0.3) is 11.0 Å². The summed E-state index contributed by atoms with van der Waals surface area (Å²) in [5, 5.41) is 5.65. The number of halogens is 1. The lowest BCUT2D eigenvalue weighted by Crippen LogP contribution is -2.30. The van der Waals surface area contributed by atoms with Crippen LogP contribution in [0.5, 0.6) is 5.75 Å². The number of nitrogens with one attached hydrogen (secondary N) is 1. The highest BCUT2D eigenvalue weighted by molar-refractivity contribution is 7.96. The number of rotatable bonds is 5. The van der Waals surface area contributed by atoms with E-state index in [4.69, 9.17) is 14.3 Å². The van der Waals surface area contributed by atoms with Gasteiger partial charge in [0, 0.05) is 37.5 Å². The lowest BCUT2D eigenvalue weighted by atomic mass is 9.99. The fraction of sp³-hybridized carbons (Fsp3) is 0.200. The van der Waals surface area contributed by atoms with Gasteiger partial charge in [0.25, 0.3) is 0 Å². The molecule has 1 aromatic heterocycles. The molecule has 0 aliphatic carbocycles. The molecule has 0 fully saturated rings. The molecule has 3 rings (SSSR count). The van der Waals surface area contributed by atoms with Crippen molar-refractivity contribution in [2.24, 2.45) is 5.14 Å². The zero-order valence-corrected chi connectivity index (χ0v) is 17.8.